The van der Waals surface area contributed by atoms with E-state index in [2.05, 4.69) is 22.9 Å². The van der Waals surface area contributed by atoms with Gasteiger partial charge < -0.3 is 0 Å². The summed E-state index contributed by atoms with van der Waals surface area (Å²) in [6.45, 7) is 2.12. The van der Waals surface area contributed by atoms with E-state index < -0.39 is 0 Å². The molecule has 0 atom stereocenters. The highest BCUT2D eigenvalue weighted by atomic mass is 79.9. The first-order valence-electron chi connectivity index (χ1n) is 4.58. The van der Waals surface area contributed by atoms with Gasteiger partial charge in [0.15, 0.2) is 0 Å². The van der Waals surface area contributed by atoms with Gasteiger partial charge in [-0.05, 0) is 18.4 Å². The molecule has 1 aromatic rings. The molecule has 3 nitrogen and oxygen atoms in total. The second-order valence-corrected chi connectivity index (χ2v) is 3.99. The Bertz CT molecular complexity index is 339. The van der Waals surface area contributed by atoms with Crippen molar-refractivity contribution in [2.45, 2.75) is 26.2 Å². The van der Waals surface area contributed by atoms with Crippen LogP contribution in [0.3, 0.4) is 0 Å². The molecule has 0 unspecified atom stereocenters. The third-order valence-electron chi connectivity index (χ3n) is 2.05. The van der Waals surface area contributed by atoms with Crippen LogP contribution >= 0.6 is 15.9 Å². The number of nitro groups is 1. The smallest absolute Gasteiger partial charge is 0.258 e. The summed E-state index contributed by atoms with van der Waals surface area (Å²) in [5, 5.41) is 10.5. The van der Waals surface area contributed by atoms with E-state index in [4.69, 9.17) is 0 Å². The van der Waals surface area contributed by atoms with Crippen molar-refractivity contribution in [2.24, 2.45) is 0 Å². The second-order valence-electron chi connectivity index (χ2n) is 3.14. The lowest BCUT2D eigenvalue weighted by atomic mass is 10.1. The van der Waals surface area contributed by atoms with E-state index in [9.17, 15) is 10.1 Å². The zero-order chi connectivity index (χ0) is 10.6. The molecule has 4 heteroatoms. The van der Waals surface area contributed by atoms with Gasteiger partial charge in [0.1, 0.15) is 0 Å². The summed E-state index contributed by atoms with van der Waals surface area (Å²) in [5.41, 5.74) is 1.27. The molecule has 0 amide bonds. The van der Waals surface area contributed by atoms with E-state index in [1.54, 1.807) is 12.1 Å². The Morgan fingerprint density at radius 2 is 2.21 bits per heavy atom. The summed E-state index contributed by atoms with van der Waals surface area (Å²) in [6, 6.07) is 4.93. The molecule has 0 radical (unpaired) electrons. The van der Waals surface area contributed by atoms with Crippen LogP contribution in [0.2, 0.25) is 0 Å². The fourth-order valence-corrected chi connectivity index (χ4v) is 1.78. The van der Waals surface area contributed by atoms with Crippen LogP contribution in [0.25, 0.3) is 0 Å². The summed E-state index contributed by atoms with van der Waals surface area (Å²) >= 11 is 3.34. The second kappa shape index (κ2) is 5.10. The van der Waals surface area contributed by atoms with E-state index in [1.165, 1.54) is 0 Å². The van der Waals surface area contributed by atoms with Crippen LogP contribution in [0.5, 0.6) is 0 Å². The molecule has 0 heterocycles. The molecular formula is C10H12BrNO2. The molecule has 0 N–H and O–H groups in total. The SMILES string of the molecule is CCCCc1ccc([N+](=O)[O-])cc1Br. The zero-order valence-electron chi connectivity index (χ0n) is 8.00. The summed E-state index contributed by atoms with van der Waals surface area (Å²) in [7, 11) is 0. The lowest BCUT2D eigenvalue weighted by molar-refractivity contribution is -0.384. The summed E-state index contributed by atoms with van der Waals surface area (Å²) < 4.78 is 0.833. The van der Waals surface area contributed by atoms with Crippen molar-refractivity contribution in [1.82, 2.24) is 0 Å². The zero-order valence-corrected chi connectivity index (χ0v) is 9.58. The van der Waals surface area contributed by atoms with Gasteiger partial charge in [0.25, 0.3) is 5.69 Å². The quantitative estimate of drug-likeness (QED) is 0.610. The van der Waals surface area contributed by atoms with E-state index in [0.717, 1.165) is 29.3 Å². The van der Waals surface area contributed by atoms with Crippen molar-refractivity contribution in [3.05, 3.63) is 38.3 Å². The maximum absolute atomic E-state index is 10.5. The number of benzene rings is 1. The molecule has 0 bridgehead atoms. The lowest BCUT2D eigenvalue weighted by Crippen LogP contribution is -1.91. The Hall–Kier alpha value is -0.900. The highest BCUT2D eigenvalue weighted by molar-refractivity contribution is 9.10. The number of nitro benzene ring substituents is 1. The minimum atomic E-state index is -0.381. The first kappa shape index (κ1) is 11.2. The average Bonchev–Trinajstić information content (AvgIpc) is 2.15. The summed E-state index contributed by atoms with van der Waals surface area (Å²) in [5.74, 6) is 0. The monoisotopic (exact) mass is 257 g/mol. The molecule has 0 aromatic heterocycles. The lowest BCUT2D eigenvalue weighted by Gasteiger charge is -2.02. The minimum Gasteiger partial charge on any atom is -0.258 e. The van der Waals surface area contributed by atoms with Gasteiger partial charge in [0.2, 0.25) is 0 Å². The van der Waals surface area contributed by atoms with Crippen molar-refractivity contribution in [3.63, 3.8) is 0 Å². The predicted octanol–water partition coefficient (Wildman–Crippen LogP) is 3.70. The molecule has 1 aromatic carbocycles. The largest absolute Gasteiger partial charge is 0.270 e. The molecule has 14 heavy (non-hydrogen) atoms. The predicted molar refractivity (Wildman–Crippen MR) is 59.4 cm³/mol. The van der Waals surface area contributed by atoms with Crippen LogP contribution in [-0.4, -0.2) is 4.92 Å². The van der Waals surface area contributed by atoms with E-state index >= 15 is 0 Å². The third-order valence-corrected chi connectivity index (χ3v) is 2.79. The molecule has 0 aliphatic heterocycles. The molecule has 1 rings (SSSR count). The first-order chi connectivity index (χ1) is 6.65. The van der Waals surface area contributed by atoms with Crippen molar-refractivity contribution in [2.75, 3.05) is 0 Å². The molecule has 0 aliphatic carbocycles. The number of halogens is 1. The van der Waals surface area contributed by atoms with Crippen LogP contribution in [0.4, 0.5) is 5.69 Å². The minimum absolute atomic E-state index is 0.136. The van der Waals surface area contributed by atoms with Gasteiger partial charge in [-0.1, -0.05) is 35.3 Å². The first-order valence-corrected chi connectivity index (χ1v) is 5.37. The molecule has 0 spiro atoms. The standard InChI is InChI=1S/C10H12BrNO2/c1-2-3-4-8-5-6-9(12(13)14)7-10(8)11/h5-7H,2-4H2,1H3. The van der Waals surface area contributed by atoms with Crippen LogP contribution < -0.4 is 0 Å². The van der Waals surface area contributed by atoms with E-state index in [0.29, 0.717) is 0 Å². The number of unbranched alkanes of at least 4 members (excludes halogenated alkanes) is 1. The van der Waals surface area contributed by atoms with Crippen molar-refractivity contribution >= 4 is 21.6 Å². The van der Waals surface area contributed by atoms with E-state index in [1.807, 2.05) is 6.07 Å². The van der Waals surface area contributed by atoms with Crippen LogP contribution in [0, 0.1) is 10.1 Å². The van der Waals surface area contributed by atoms with Gasteiger partial charge in [-0.2, -0.15) is 0 Å². The van der Waals surface area contributed by atoms with Crippen LogP contribution in [0.1, 0.15) is 25.3 Å². The maximum Gasteiger partial charge on any atom is 0.270 e. The number of hydrogen-bond acceptors (Lipinski definition) is 2. The Kier molecular flexibility index (Phi) is 4.07. The molecule has 76 valence electrons. The summed E-state index contributed by atoms with van der Waals surface area (Å²) in [4.78, 5) is 10.1. The fourth-order valence-electron chi connectivity index (χ4n) is 1.22. The number of hydrogen-bond donors (Lipinski definition) is 0. The molecule has 0 aliphatic rings. The van der Waals surface area contributed by atoms with Crippen LogP contribution in [0.15, 0.2) is 22.7 Å². The van der Waals surface area contributed by atoms with Crippen molar-refractivity contribution in [3.8, 4) is 0 Å². The van der Waals surface area contributed by atoms with Gasteiger partial charge in [-0.15, -0.1) is 0 Å². The van der Waals surface area contributed by atoms with Gasteiger partial charge in [0, 0.05) is 16.6 Å². The molecule has 0 saturated carbocycles. The molecule has 0 fully saturated rings. The van der Waals surface area contributed by atoms with Gasteiger partial charge in [0.05, 0.1) is 4.92 Å². The van der Waals surface area contributed by atoms with Gasteiger partial charge in [-0.3, -0.25) is 10.1 Å². The topological polar surface area (TPSA) is 43.1 Å². The number of aryl methyl sites for hydroxylation is 1. The van der Waals surface area contributed by atoms with Gasteiger partial charge in [-0.25, -0.2) is 0 Å². The van der Waals surface area contributed by atoms with Gasteiger partial charge >= 0.3 is 0 Å². The molecule has 0 saturated heterocycles. The highest BCUT2D eigenvalue weighted by Gasteiger charge is 2.08. The van der Waals surface area contributed by atoms with Crippen molar-refractivity contribution in [1.29, 1.82) is 0 Å². The van der Waals surface area contributed by atoms with Crippen LogP contribution in [-0.2, 0) is 6.42 Å². The molecular weight excluding hydrogens is 246 g/mol. The number of nitrogens with zero attached hydrogens (tertiary/aromatic N) is 1. The number of non-ortho nitro benzene ring substituents is 1. The van der Waals surface area contributed by atoms with E-state index in [-0.39, 0.29) is 10.6 Å². The number of rotatable bonds is 4. The summed E-state index contributed by atoms with van der Waals surface area (Å²) in [6.07, 6.45) is 3.20. The Labute approximate surface area is 91.4 Å². The normalized spacial score (nSPS) is 10.1. The van der Waals surface area contributed by atoms with Crippen molar-refractivity contribution < 1.29 is 4.92 Å². The third kappa shape index (κ3) is 2.80. The maximum atomic E-state index is 10.5. The average molecular weight is 258 g/mol. The Morgan fingerprint density at radius 3 is 2.71 bits per heavy atom. The Morgan fingerprint density at radius 1 is 1.50 bits per heavy atom. The Balaban J connectivity index is 2.84. The highest BCUT2D eigenvalue weighted by Crippen LogP contribution is 2.24. The fraction of sp³-hybridized carbons (Fsp3) is 0.400.